The van der Waals surface area contributed by atoms with Crippen molar-refractivity contribution in [3.8, 4) is 0 Å². The second-order valence-electron chi connectivity index (χ2n) is 4.34. The molecule has 0 radical (unpaired) electrons. The van der Waals surface area contributed by atoms with Crippen LogP contribution >= 0.6 is 0 Å². The third-order valence-corrected chi connectivity index (χ3v) is 3.64. The Balaban J connectivity index is 2.09. The first-order valence-corrected chi connectivity index (χ1v) is 7.56. The molecule has 0 amide bonds. The highest BCUT2D eigenvalue weighted by Crippen LogP contribution is 2.12. The second-order valence-corrected chi connectivity index (χ2v) is 6.60. The molecule has 2 atom stereocenters. The van der Waals surface area contributed by atoms with Gasteiger partial charge in [0.2, 0.25) is 0 Å². The standard InChI is InChI=1S/C10H21NO3S/c1-9-8-10(4-6-14-9)11-5-3-7-15(2,12)13/h9-11H,3-8H2,1-2H3. The highest BCUT2D eigenvalue weighted by atomic mass is 32.2. The zero-order valence-electron chi connectivity index (χ0n) is 9.53. The lowest BCUT2D eigenvalue weighted by molar-refractivity contribution is 0.0135. The van der Waals surface area contributed by atoms with E-state index in [-0.39, 0.29) is 5.75 Å². The van der Waals surface area contributed by atoms with Crippen molar-refractivity contribution in [1.29, 1.82) is 0 Å². The Hall–Kier alpha value is -0.130. The Kier molecular flexibility index (Phi) is 5.02. The van der Waals surface area contributed by atoms with Gasteiger partial charge in [-0.1, -0.05) is 0 Å². The van der Waals surface area contributed by atoms with Crippen LogP contribution in [0.5, 0.6) is 0 Å². The molecule has 0 aromatic heterocycles. The predicted molar refractivity (Wildman–Crippen MR) is 60.8 cm³/mol. The van der Waals surface area contributed by atoms with E-state index in [1.54, 1.807) is 0 Å². The molecular formula is C10H21NO3S. The lowest BCUT2D eigenvalue weighted by atomic mass is 10.0. The van der Waals surface area contributed by atoms with Crippen LogP contribution in [0.3, 0.4) is 0 Å². The monoisotopic (exact) mass is 235 g/mol. The molecule has 1 fully saturated rings. The molecule has 1 aliphatic heterocycles. The van der Waals surface area contributed by atoms with Crippen molar-refractivity contribution >= 4 is 9.84 Å². The van der Waals surface area contributed by atoms with Crippen LogP contribution in [-0.4, -0.2) is 45.7 Å². The fourth-order valence-electron chi connectivity index (χ4n) is 1.82. The van der Waals surface area contributed by atoms with E-state index in [0.29, 0.717) is 18.6 Å². The summed E-state index contributed by atoms with van der Waals surface area (Å²) in [4.78, 5) is 0. The Morgan fingerprint density at radius 3 is 2.80 bits per heavy atom. The van der Waals surface area contributed by atoms with Crippen LogP contribution in [-0.2, 0) is 14.6 Å². The smallest absolute Gasteiger partial charge is 0.147 e. The average molecular weight is 235 g/mol. The number of nitrogens with one attached hydrogen (secondary N) is 1. The van der Waals surface area contributed by atoms with Crippen molar-refractivity contribution in [2.24, 2.45) is 0 Å². The summed E-state index contributed by atoms with van der Waals surface area (Å²) < 4.78 is 27.2. The molecule has 5 heteroatoms. The maximum Gasteiger partial charge on any atom is 0.147 e. The van der Waals surface area contributed by atoms with Crippen molar-refractivity contribution in [2.75, 3.05) is 25.2 Å². The zero-order valence-corrected chi connectivity index (χ0v) is 10.3. The van der Waals surface area contributed by atoms with Gasteiger partial charge in [0.15, 0.2) is 0 Å². The van der Waals surface area contributed by atoms with E-state index in [0.717, 1.165) is 26.0 Å². The molecule has 0 aromatic rings. The van der Waals surface area contributed by atoms with Gasteiger partial charge in [-0.25, -0.2) is 8.42 Å². The Morgan fingerprint density at radius 1 is 1.47 bits per heavy atom. The molecule has 1 saturated heterocycles. The van der Waals surface area contributed by atoms with Gasteiger partial charge in [-0.05, 0) is 32.7 Å². The van der Waals surface area contributed by atoms with Gasteiger partial charge in [-0.3, -0.25) is 0 Å². The van der Waals surface area contributed by atoms with Crippen LogP contribution < -0.4 is 5.32 Å². The van der Waals surface area contributed by atoms with Crippen molar-refractivity contribution in [1.82, 2.24) is 5.32 Å². The first-order valence-electron chi connectivity index (χ1n) is 5.50. The molecule has 1 N–H and O–H groups in total. The highest BCUT2D eigenvalue weighted by molar-refractivity contribution is 7.90. The molecule has 90 valence electrons. The minimum absolute atomic E-state index is 0.277. The Bertz CT molecular complexity index is 276. The summed E-state index contributed by atoms with van der Waals surface area (Å²) in [6, 6.07) is 0.494. The third-order valence-electron chi connectivity index (χ3n) is 2.61. The summed E-state index contributed by atoms with van der Waals surface area (Å²) in [5.74, 6) is 0.277. The van der Waals surface area contributed by atoms with E-state index in [9.17, 15) is 8.42 Å². The molecule has 0 spiro atoms. The Labute approximate surface area is 92.3 Å². The average Bonchev–Trinajstić information content (AvgIpc) is 2.11. The van der Waals surface area contributed by atoms with Crippen molar-refractivity contribution in [2.45, 2.75) is 38.3 Å². The lowest BCUT2D eigenvalue weighted by Crippen LogP contribution is -2.38. The van der Waals surface area contributed by atoms with Crippen LogP contribution in [0.25, 0.3) is 0 Å². The van der Waals surface area contributed by atoms with E-state index in [2.05, 4.69) is 12.2 Å². The summed E-state index contributed by atoms with van der Waals surface area (Å²) in [6.07, 6.45) is 4.36. The van der Waals surface area contributed by atoms with Gasteiger partial charge in [-0.15, -0.1) is 0 Å². The molecule has 1 heterocycles. The summed E-state index contributed by atoms with van der Waals surface area (Å²) in [5.41, 5.74) is 0. The first kappa shape index (κ1) is 12.9. The summed E-state index contributed by atoms with van der Waals surface area (Å²) in [5, 5.41) is 3.38. The number of sulfone groups is 1. The van der Waals surface area contributed by atoms with E-state index in [1.165, 1.54) is 6.26 Å². The molecule has 0 aliphatic carbocycles. The number of hydrogen-bond donors (Lipinski definition) is 1. The van der Waals surface area contributed by atoms with Crippen LogP contribution in [0.4, 0.5) is 0 Å². The van der Waals surface area contributed by atoms with E-state index in [4.69, 9.17) is 4.74 Å². The van der Waals surface area contributed by atoms with Crippen molar-refractivity contribution in [3.05, 3.63) is 0 Å². The van der Waals surface area contributed by atoms with E-state index >= 15 is 0 Å². The van der Waals surface area contributed by atoms with E-state index < -0.39 is 9.84 Å². The van der Waals surface area contributed by atoms with Crippen molar-refractivity contribution in [3.63, 3.8) is 0 Å². The first-order chi connectivity index (χ1) is 6.97. The van der Waals surface area contributed by atoms with Crippen LogP contribution in [0.1, 0.15) is 26.2 Å². The highest BCUT2D eigenvalue weighted by Gasteiger charge is 2.18. The summed E-state index contributed by atoms with van der Waals surface area (Å²) in [6.45, 7) is 3.67. The minimum Gasteiger partial charge on any atom is -0.378 e. The maximum atomic E-state index is 10.9. The van der Waals surface area contributed by atoms with Crippen LogP contribution in [0, 0.1) is 0 Å². The van der Waals surface area contributed by atoms with Gasteiger partial charge in [0.25, 0.3) is 0 Å². The molecule has 15 heavy (non-hydrogen) atoms. The molecule has 2 unspecified atom stereocenters. The molecule has 1 aliphatic rings. The quantitative estimate of drug-likeness (QED) is 0.708. The minimum atomic E-state index is -2.80. The molecule has 0 aromatic carbocycles. The van der Waals surface area contributed by atoms with Gasteiger partial charge in [0.05, 0.1) is 11.9 Å². The predicted octanol–water partition coefficient (Wildman–Crippen LogP) is 0.578. The van der Waals surface area contributed by atoms with Crippen molar-refractivity contribution < 1.29 is 13.2 Å². The fourth-order valence-corrected chi connectivity index (χ4v) is 2.49. The normalized spacial score (nSPS) is 27.9. The largest absolute Gasteiger partial charge is 0.378 e. The number of hydrogen-bond acceptors (Lipinski definition) is 4. The summed E-state index contributed by atoms with van der Waals surface area (Å²) >= 11 is 0. The molecule has 0 saturated carbocycles. The SMILES string of the molecule is CC1CC(NCCCS(C)(=O)=O)CCO1. The molecule has 4 nitrogen and oxygen atoms in total. The third kappa shape index (κ3) is 6.12. The van der Waals surface area contributed by atoms with Crippen LogP contribution in [0.15, 0.2) is 0 Å². The van der Waals surface area contributed by atoms with Gasteiger partial charge < -0.3 is 10.1 Å². The number of ether oxygens (including phenoxy) is 1. The van der Waals surface area contributed by atoms with Gasteiger partial charge in [0, 0.05) is 18.9 Å². The van der Waals surface area contributed by atoms with Crippen LogP contribution in [0.2, 0.25) is 0 Å². The van der Waals surface area contributed by atoms with E-state index in [1.807, 2.05) is 0 Å². The fraction of sp³-hybridized carbons (Fsp3) is 1.00. The summed E-state index contributed by atoms with van der Waals surface area (Å²) in [7, 11) is -2.80. The molecular weight excluding hydrogens is 214 g/mol. The van der Waals surface area contributed by atoms with Gasteiger partial charge in [-0.2, -0.15) is 0 Å². The zero-order chi connectivity index (χ0) is 11.3. The second kappa shape index (κ2) is 5.82. The van der Waals surface area contributed by atoms with Gasteiger partial charge >= 0.3 is 0 Å². The maximum absolute atomic E-state index is 10.9. The lowest BCUT2D eigenvalue weighted by Gasteiger charge is -2.28. The Morgan fingerprint density at radius 2 is 2.20 bits per heavy atom. The van der Waals surface area contributed by atoms with Gasteiger partial charge in [0.1, 0.15) is 9.84 Å². The number of rotatable bonds is 5. The molecule has 1 rings (SSSR count). The topological polar surface area (TPSA) is 55.4 Å². The molecule has 0 bridgehead atoms.